The van der Waals surface area contributed by atoms with Gasteiger partial charge in [-0.3, -0.25) is 4.90 Å². The van der Waals surface area contributed by atoms with Crippen molar-refractivity contribution in [2.75, 3.05) is 13.1 Å². The average Bonchev–Trinajstić information content (AvgIpc) is 2.52. The molecule has 0 aromatic rings. The summed E-state index contributed by atoms with van der Waals surface area (Å²) in [5.74, 6) is 0. The van der Waals surface area contributed by atoms with E-state index in [9.17, 15) is 5.11 Å². The third-order valence-electron chi connectivity index (χ3n) is 2.75. The van der Waals surface area contributed by atoms with Gasteiger partial charge in [0.1, 0.15) is 0 Å². The Balaban J connectivity index is 2.43. The fourth-order valence-electron chi connectivity index (χ4n) is 2.12. The fraction of sp³-hybridized carbons (Fsp3) is 0.818. The number of halogens is 1. The van der Waals surface area contributed by atoms with Crippen molar-refractivity contribution in [3.63, 3.8) is 0 Å². The molecule has 0 saturated carbocycles. The third kappa shape index (κ3) is 3.60. The zero-order valence-corrected chi connectivity index (χ0v) is 9.80. The topological polar surface area (TPSA) is 23.5 Å². The fourth-order valence-corrected chi connectivity index (χ4v) is 2.19. The number of aliphatic hydroxyl groups excluding tert-OH is 1. The summed E-state index contributed by atoms with van der Waals surface area (Å²) >= 11 is 5.65. The molecule has 82 valence electrons. The first-order chi connectivity index (χ1) is 6.63. The van der Waals surface area contributed by atoms with Gasteiger partial charge in [0.15, 0.2) is 0 Å². The number of hydrogen-bond acceptors (Lipinski definition) is 2. The van der Waals surface area contributed by atoms with Crippen LogP contribution in [0, 0.1) is 0 Å². The molecule has 2 unspecified atom stereocenters. The molecule has 0 aromatic heterocycles. The van der Waals surface area contributed by atoms with Crippen LogP contribution >= 0.6 is 11.6 Å². The largest absolute Gasteiger partial charge is 0.393 e. The predicted molar refractivity (Wildman–Crippen MR) is 60.5 cm³/mol. The molecule has 0 aromatic carbocycles. The Morgan fingerprint density at radius 3 is 3.00 bits per heavy atom. The summed E-state index contributed by atoms with van der Waals surface area (Å²) in [6, 6.07) is 0.543. The Labute approximate surface area is 91.6 Å². The lowest BCUT2D eigenvalue weighted by atomic mass is 10.1. The SMILES string of the molecule is CC(=CCl)CN1CCCC1CC(C)O. The van der Waals surface area contributed by atoms with Crippen LogP contribution in [0.25, 0.3) is 0 Å². The summed E-state index contributed by atoms with van der Waals surface area (Å²) in [4.78, 5) is 2.42. The molecule has 14 heavy (non-hydrogen) atoms. The first kappa shape index (κ1) is 12.0. The molecule has 0 spiro atoms. The van der Waals surface area contributed by atoms with E-state index in [1.807, 2.05) is 13.8 Å². The average molecular weight is 218 g/mol. The van der Waals surface area contributed by atoms with Crippen molar-refractivity contribution in [3.05, 3.63) is 11.1 Å². The summed E-state index contributed by atoms with van der Waals surface area (Å²) in [6.45, 7) is 5.99. The van der Waals surface area contributed by atoms with Crippen LogP contribution in [0.4, 0.5) is 0 Å². The van der Waals surface area contributed by atoms with Crippen molar-refractivity contribution in [1.82, 2.24) is 4.90 Å². The second-order valence-electron chi connectivity index (χ2n) is 4.31. The van der Waals surface area contributed by atoms with Crippen LogP contribution in [-0.2, 0) is 0 Å². The molecule has 2 nitrogen and oxygen atoms in total. The van der Waals surface area contributed by atoms with E-state index in [1.165, 1.54) is 18.4 Å². The Kier molecular flexibility index (Phi) is 4.93. The Bertz CT molecular complexity index is 203. The third-order valence-corrected chi connectivity index (χ3v) is 3.12. The van der Waals surface area contributed by atoms with Crippen molar-refractivity contribution in [1.29, 1.82) is 0 Å². The zero-order chi connectivity index (χ0) is 10.6. The maximum atomic E-state index is 9.35. The molecule has 1 aliphatic heterocycles. The molecule has 1 N–H and O–H groups in total. The summed E-state index contributed by atoms with van der Waals surface area (Å²) < 4.78 is 0. The predicted octanol–water partition coefficient (Wildman–Crippen LogP) is 2.36. The van der Waals surface area contributed by atoms with Gasteiger partial charge >= 0.3 is 0 Å². The first-order valence-electron chi connectivity index (χ1n) is 5.31. The highest BCUT2D eigenvalue weighted by Gasteiger charge is 2.25. The summed E-state index contributed by atoms with van der Waals surface area (Å²) in [7, 11) is 0. The van der Waals surface area contributed by atoms with Crippen molar-refractivity contribution in [2.24, 2.45) is 0 Å². The highest BCUT2D eigenvalue weighted by molar-refractivity contribution is 6.25. The lowest BCUT2D eigenvalue weighted by molar-refractivity contribution is 0.138. The maximum Gasteiger partial charge on any atom is 0.0527 e. The molecular formula is C11H20ClNO. The van der Waals surface area contributed by atoms with Gasteiger partial charge in [-0.2, -0.15) is 0 Å². The van der Waals surface area contributed by atoms with Crippen molar-refractivity contribution in [3.8, 4) is 0 Å². The molecule has 0 aliphatic carbocycles. The second-order valence-corrected chi connectivity index (χ2v) is 4.52. The highest BCUT2D eigenvalue weighted by Crippen LogP contribution is 2.22. The van der Waals surface area contributed by atoms with Crippen LogP contribution < -0.4 is 0 Å². The Hall–Kier alpha value is -0.0500. The summed E-state index contributed by atoms with van der Waals surface area (Å²) in [5.41, 5.74) is 2.85. The normalized spacial score (nSPS) is 26.9. The zero-order valence-electron chi connectivity index (χ0n) is 9.04. The molecule has 0 radical (unpaired) electrons. The van der Waals surface area contributed by atoms with E-state index in [0.29, 0.717) is 6.04 Å². The van der Waals surface area contributed by atoms with Crippen LogP contribution in [-0.4, -0.2) is 35.2 Å². The van der Waals surface area contributed by atoms with E-state index < -0.39 is 0 Å². The highest BCUT2D eigenvalue weighted by atomic mass is 35.5. The summed E-state index contributed by atoms with van der Waals surface area (Å²) in [5, 5.41) is 9.35. The van der Waals surface area contributed by atoms with E-state index in [-0.39, 0.29) is 6.10 Å². The number of aliphatic hydroxyl groups is 1. The Morgan fingerprint density at radius 1 is 1.71 bits per heavy atom. The minimum Gasteiger partial charge on any atom is -0.393 e. The molecule has 1 saturated heterocycles. The van der Waals surface area contributed by atoms with Crippen molar-refractivity contribution in [2.45, 2.75) is 45.3 Å². The van der Waals surface area contributed by atoms with E-state index in [0.717, 1.165) is 19.5 Å². The molecule has 1 fully saturated rings. The van der Waals surface area contributed by atoms with Gasteiger partial charge in [-0.15, -0.1) is 0 Å². The molecule has 0 bridgehead atoms. The molecule has 1 heterocycles. The second kappa shape index (κ2) is 5.74. The van der Waals surface area contributed by atoms with Crippen molar-refractivity contribution >= 4 is 11.6 Å². The van der Waals surface area contributed by atoms with Crippen LogP contribution in [0.2, 0.25) is 0 Å². The molecule has 3 heteroatoms. The molecule has 2 atom stereocenters. The van der Waals surface area contributed by atoms with Crippen LogP contribution in [0.1, 0.15) is 33.1 Å². The Morgan fingerprint density at radius 2 is 2.43 bits per heavy atom. The van der Waals surface area contributed by atoms with Crippen LogP contribution in [0.5, 0.6) is 0 Å². The first-order valence-corrected chi connectivity index (χ1v) is 5.75. The number of hydrogen-bond donors (Lipinski definition) is 1. The van der Waals surface area contributed by atoms with E-state index in [4.69, 9.17) is 11.6 Å². The van der Waals surface area contributed by atoms with Gasteiger partial charge in [0.05, 0.1) is 6.10 Å². The van der Waals surface area contributed by atoms with E-state index in [1.54, 1.807) is 5.54 Å². The molecule has 1 rings (SSSR count). The van der Waals surface area contributed by atoms with Gasteiger partial charge < -0.3 is 5.11 Å². The number of likely N-dealkylation sites (tertiary alicyclic amines) is 1. The van der Waals surface area contributed by atoms with Gasteiger partial charge in [0.2, 0.25) is 0 Å². The minimum absolute atomic E-state index is 0.194. The van der Waals surface area contributed by atoms with E-state index >= 15 is 0 Å². The van der Waals surface area contributed by atoms with Gasteiger partial charge in [0.25, 0.3) is 0 Å². The maximum absolute atomic E-state index is 9.35. The van der Waals surface area contributed by atoms with Gasteiger partial charge in [-0.1, -0.05) is 11.6 Å². The molecular weight excluding hydrogens is 198 g/mol. The quantitative estimate of drug-likeness (QED) is 0.782. The number of rotatable bonds is 4. The molecule has 0 amide bonds. The minimum atomic E-state index is -0.194. The van der Waals surface area contributed by atoms with Crippen LogP contribution in [0.15, 0.2) is 11.1 Å². The smallest absolute Gasteiger partial charge is 0.0527 e. The lowest BCUT2D eigenvalue weighted by Crippen LogP contribution is -2.33. The van der Waals surface area contributed by atoms with Gasteiger partial charge in [-0.05, 0) is 45.2 Å². The van der Waals surface area contributed by atoms with Gasteiger partial charge in [-0.25, -0.2) is 0 Å². The molecule has 1 aliphatic rings. The number of nitrogens with zero attached hydrogens (tertiary/aromatic N) is 1. The summed E-state index contributed by atoms with van der Waals surface area (Å²) in [6.07, 6.45) is 3.14. The lowest BCUT2D eigenvalue weighted by Gasteiger charge is -2.25. The van der Waals surface area contributed by atoms with Crippen molar-refractivity contribution < 1.29 is 5.11 Å². The monoisotopic (exact) mass is 217 g/mol. The van der Waals surface area contributed by atoms with Crippen LogP contribution in [0.3, 0.4) is 0 Å². The van der Waals surface area contributed by atoms with E-state index in [2.05, 4.69) is 4.90 Å². The van der Waals surface area contributed by atoms with Gasteiger partial charge in [0, 0.05) is 18.1 Å². The standard InChI is InChI=1S/C11H20ClNO/c1-9(7-12)8-13-5-3-4-11(13)6-10(2)14/h7,10-11,14H,3-6,8H2,1-2H3.